The van der Waals surface area contributed by atoms with Crippen molar-refractivity contribution in [2.45, 2.75) is 17.5 Å². The molecule has 1 spiro atoms. The van der Waals surface area contributed by atoms with Crippen LogP contribution < -0.4 is 5.32 Å². The van der Waals surface area contributed by atoms with Crippen LogP contribution in [0.3, 0.4) is 0 Å². The summed E-state index contributed by atoms with van der Waals surface area (Å²) >= 11 is 4.81. The second-order valence-electron chi connectivity index (χ2n) is 9.80. The molecule has 5 nitrogen and oxygen atoms in total. The van der Waals surface area contributed by atoms with Crippen LogP contribution in [0, 0.1) is 5.92 Å². The topological polar surface area (TPSA) is 66.5 Å². The fourth-order valence-corrected chi connectivity index (χ4v) is 7.49. The number of fused-ring (bicyclic) bond motifs is 6. The molecule has 0 aliphatic carbocycles. The van der Waals surface area contributed by atoms with Gasteiger partial charge in [0.2, 0.25) is 5.91 Å². The number of benzene rings is 3. The molecule has 0 unspecified atom stereocenters. The number of thiophene rings is 1. The molecule has 0 bridgehead atoms. The summed E-state index contributed by atoms with van der Waals surface area (Å²) < 4.78 is 0.847. The van der Waals surface area contributed by atoms with Gasteiger partial charge in [-0.05, 0) is 52.4 Å². The zero-order chi connectivity index (χ0) is 26.0. The third kappa shape index (κ3) is 3.12. The van der Waals surface area contributed by atoms with Gasteiger partial charge in [-0.1, -0.05) is 76.6 Å². The number of Topliss-reactive ketones (excluding diaryl/α,β-unsaturated/α-hetero) is 2. The first-order chi connectivity index (χ1) is 18.5. The number of nitrogens with zero attached hydrogens (tertiary/aromatic N) is 1. The maximum Gasteiger partial charge on any atom is 0.238 e. The number of amides is 1. The van der Waals surface area contributed by atoms with E-state index >= 15 is 0 Å². The molecule has 3 aliphatic heterocycles. The van der Waals surface area contributed by atoms with Crippen LogP contribution in [0.2, 0.25) is 0 Å². The minimum absolute atomic E-state index is 0.154. The predicted molar refractivity (Wildman–Crippen MR) is 151 cm³/mol. The van der Waals surface area contributed by atoms with Gasteiger partial charge in [0, 0.05) is 21.9 Å². The Labute approximate surface area is 231 Å². The Morgan fingerprint density at radius 1 is 0.895 bits per heavy atom. The molecule has 186 valence electrons. The van der Waals surface area contributed by atoms with E-state index in [-0.39, 0.29) is 17.5 Å². The minimum Gasteiger partial charge on any atom is -0.358 e. The molecule has 4 heterocycles. The van der Waals surface area contributed by atoms with Gasteiger partial charge in [0.25, 0.3) is 0 Å². The van der Waals surface area contributed by atoms with Crippen LogP contribution >= 0.6 is 27.3 Å². The van der Waals surface area contributed by atoms with Crippen LogP contribution in [-0.2, 0) is 10.2 Å². The molecule has 1 aromatic heterocycles. The number of para-hydroxylation sites is 1. The van der Waals surface area contributed by atoms with Crippen LogP contribution in [0.25, 0.3) is 6.08 Å². The molecule has 1 amide bonds. The molecule has 1 saturated heterocycles. The molecule has 3 aromatic carbocycles. The van der Waals surface area contributed by atoms with Gasteiger partial charge in [0.05, 0.1) is 16.8 Å². The zero-order valence-electron chi connectivity index (χ0n) is 20.0. The summed E-state index contributed by atoms with van der Waals surface area (Å²) in [6, 6.07) is 24.9. The average Bonchev–Trinajstić information content (AvgIpc) is 3.65. The van der Waals surface area contributed by atoms with Gasteiger partial charge < -0.3 is 10.2 Å². The largest absolute Gasteiger partial charge is 0.358 e. The average molecular weight is 581 g/mol. The fourth-order valence-electron chi connectivity index (χ4n) is 6.53. The van der Waals surface area contributed by atoms with Crippen molar-refractivity contribution in [1.82, 2.24) is 4.90 Å². The summed E-state index contributed by atoms with van der Waals surface area (Å²) in [5.74, 6) is -1.59. The fraction of sp³-hybridized carbons (Fsp3) is 0.129. The second-order valence-corrected chi connectivity index (χ2v) is 11.7. The summed E-state index contributed by atoms with van der Waals surface area (Å²) in [7, 11) is 0. The predicted octanol–water partition coefficient (Wildman–Crippen LogP) is 6.49. The number of anilines is 1. The molecule has 1 N–H and O–H groups in total. The molecule has 7 rings (SSSR count). The normalized spacial score (nSPS) is 24.6. The van der Waals surface area contributed by atoms with Gasteiger partial charge in [-0.2, -0.15) is 0 Å². The van der Waals surface area contributed by atoms with E-state index in [1.54, 1.807) is 18.2 Å². The lowest BCUT2D eigenvalue weighted by molar-refractivity contribution is -0.122. The van der Waals surface area contributed by atoms with E-state index in [9.17, 15) is 14.4 Å². The SMILES string of the molecule is O=C(c1cccs1)[C@@H]1[C@H](C(=O)c2ccc(Br)cc2)[C@]2(C(=O)Nc3ccccc32)[C@@H]2c3ccccc3C=CN12. The smallest absolute Gasteiger partial charge is 0.238 e. The van der Waals surface area contributed by atoms with Crippen molar-refractivity contribution in [3.63, 3.8) is 0 Å². The van der Waals surface area contributed by atoms with Crippen molar-refractivity contribution in [2.24, 2.45) is 5.92 Å². The second kappa shape index (κ2) is 8.61. The molecule has 7 heteroatoms. The monoisotopic (exact) mass is 580 g/mol. The molecule has 1 fully saturated rings. The van der Waals surface area contributed by atoms with Crippen LogP contribution in [-0.4, -0.2) is 28.4 Å². The third-order valence-electron chi connectivity index (χ3n) is 8.01. The number of halogens is 1. The van der Waals surface area contributed by atoms with Gasteiger partial charge in [-0.15, -0.1) is 11.3 Å². The van der Waals surface area contributed by atoms with Crippen LogP contribution in [0.1, 0.15) is 42.8 Å². The molecule has 0 radical (unpaired) electrons. The lowest BCUT2D eigenvalue weighted by atomic mass is 9.63. The lowest BCUT2D eigenvalue weighted by Crippen LogP contribution is -2.49. The molecule has 3 aliphatic rings. The number of hydrogen-bond donors (Lipinski definition) is 1. The van der Waals surface area contributed by atoms with E-state index in [1.807, 2.05) is 89.3 Å². The van der Waals surface area contributed by atoms with Crippen molar-refractivity contribution < 1.29 is 14.4 Å². The summed E-state index contributed by atoms with van der Waals surface area (Å²) in [5, 5.41) is 4.94. The quantitative estimate of drug-likeness (QED) is 0.280. The Morgan fingerprint density at radius 2 is 1.66 bits per heavy atom. The van der Waals surface area contributed by atoms with E-state index in [2.05, 4.69) is 21.2 Å². The van der Waals surface area contributed by atoms with Crippen LogP contribution in [0.15, 0.2) is 101 Å². The number of ketones is 2. The van der Waals surface area contributed by atoms with Crippen molar-refractivity contribution in [3.8, 4) is 0 Å². The summed E-state index contributed by atoms with van der Waals surface area (Å²) in [4.78, 5) is 45.8. The Hall–Kier alpha value is -3.81. The molecule has 4 aromatic rings. The minimum atomic E-state index is -1.31. The Morgan fingerprint density at radius 3 is 2.45 bits per heavy atom. The maximum absolute atomic E-state index is 14.6. The molecular formula is C31H21BrN2O3S. The van der Waals surface area contributed by atoms with E-state index in [0.717, 1.165) is 21.2 Å². The molecule has 4 atom stereocenters. The van der Waals surface area contributed by atoms with Crippen LogP contribution in [0.5, 0.6) is 0 Å². The first kappa shape index (κ1) is 23.3. The van der Waals surface area contributed by atoms with Crippen molar-refractivity contribution in [1.29, 1.82) is 0 Å². The number of nitrogens with one attached hydrogen (secondary N) is 1. The summed E-state index contributed by atoms with van der Waals surface area (Å²) in [6.07, 6.45) is 3.87. The van der Waals surface area contributed by atoms with Gasteiger partial charge in [0.15, 0.2) is 11.6 Å². The lowest BCUT2D eigenvalue weighted by Gasteiger charge is -2.38. The first-order valence-electron chi connectivity index (χ1n) is 12.3. The van der Waals surface area contributed by atoms with E-state index in [1.165, 1.54) is 11.3 Å². The summed E-state index contributed by atoms with van der Waals surface area (Å²) in [6.45, 7) is 0. The molecular weight excluding hydrogens is 560 g/mol. The highest BCUT2D eigenvalue weighted by molar-refractivity contribution is 9.10. The van der Waals surface area contributed by atoms with Crippen molar-refractivity contribution >= 4 is 56.5 Å². The molecule has 0 saturated carbocycles. The van der Waals surface area contributed by atoms with Gasteiger partial charge in [0.1, 0.15) is 11.5 Å². The van der Waals surface area contributed by atoms with E-state index in [0.29, 0.717) is 16.1 Å². The van der Waals surface area contributed by atoms with Crippen molar-refractivity contribution in [3.05, 3.63) is 128 Å². The number of carbonyl (C=O) groups excluding carboxylic acids is 3. The van der Waals surface area contributed by atoms with Gasteiger partial charge >= 0.3 is 0 Å². The standard InChI is InChI=1S/C31H21BrN2O3S/c32-20-13-11-19(12-14-20)27(35)25-26(28(36)24-10-5-17-38-24)34-16-15-18-6-1-2-7-21(18)29(34)31(25)22-8-3-4-9-23(22)33-30(31)37/h1-17,25-26,29H,(H,33,37)/t25-,26+,29+,31+/m1/s1. The number of hydrogen-bond acceptors (Lipinski definition) is 5. The highest BCUT2D eigenvalue weighted by Gasteiger charge is 2.70. The molecule has 38 heavy (non-hydrogen) atoms. The maximum atomic E-state index is 14.6. The number of rotatable bonds is 4. The zero-order valence-corrected chi connectivity index (χ0v) is 22.4. The third-order valence-corrected chi connectivity index (χ3v) is 9.43. The number of carbonyl (C=O) groups is 3. The van der Waals surface area contributed by atoms with Gasteiger partial charge in [-0.25, -0.2) is 0 Å². The summed E-state index contributed by atoms with van der Waals surface area (Å²) in [5.41, 5.74) is 2.50. The first-order valence-corrected chi connectivity index (χ1v) is 14.0. The van der Waals surface area contributed by atoms with Gasteiger partial charge in [-0.3, -0.25) is 14.4 Å². The van der Waals surface area contributed by atoms with E-state index in [4.69, 9.17) is 0 Å². The van der Waals surface area contributed by atoms with E-state index < -0.39 is 23.4 Å². The Kier molecular flexibility index (Phi) is 5.29. The Bertz CT molecular complexity index is 1650. The highest BCUT2D eigenvalue weighted by atomic mass is 79.9. The van der Waals surface area contributed by atoms with Crippen molar-refractivity contribution in [2.75, 3.05) is 5.32 Å². The highest BCUT2D eigenvalue weighted by Crippen LogP contribution is 2.62. The Balaban J connectivity index is 1.55. The van der Waals surface area contributed by atoms with Crippen LogP contribution in [0.4, 0.5) is 5.69 Å².